The van der Waals surface area contributed by atoms with Crippen LogP contribution in [0.15, 0.2) is 66.4 Å². The molecule has 130 valence electrons. The molecule has 0 radical (unpaired) electrons. The van der Waals surface area contributed by atoms with Gasteiger partial charge in [0.15, 0.2) is 5.78 Å². The Morgan fingerprint density at radius 3 is 2.52 bits per heavy atom. The minimum absolute atomic E-state index is 0.202. The van der Waals surface area contributed by atoms with Gasteiger partial charge in [-0.3, -0.25) is 9.69 Å². The van der Waals surface area contributed by atoms with E-state index in [1.165, 1.54) is 12.1 Å². The Bertz CT molecular complexity index is 725. The first-order chi connectivity index (χ1) is 12.2. The molecule has 1 aliphatic heterocycles. The molecule has 3 rings (SSSR count). The van der Waals surface area contributed by atoms with Crippen molar-refractivity contribution in [2.24, 2.45) is 0 Å². The van der Waals surface area contributed by atoms with E-state index in [1.807, 2.05) is 30.3 Å². The van der Waals surface area contributed by atoms with Gasteiger partial charge in [-0.05, 0) is 43.3 Å². The number of hydrogen-bond donors (Lipinski definition) is 0. The van der Waals surface area contributed by atoms with E-state index in [1.54, 1.807) is 12.1 Å². The van der Waals surface area contributed by atoms with Crippen molar-refractivity contribution in [2.45, 2.75) is 19.3 Å². The van der Waals surface area contributed by atoms with Crippen LogP contribution in [0.5, 0.6) is 5.75 Å². The van der Waals surface area contributed by atoms with Gasteiger partial charge in [0.2, 0.25) is 0 Å². The van der Waals surface area contributed by atoms with Crippen molar-refractivity contribution in [1.82, 2.24) is 4.90 Å². The second kappa shape index (κ2) is 8.58. The molecule has 3 nitrogen and oxygen atoms in total. The minimum Gasteiger partial charge on any atom is -0.462 e. The van der Waals surface area contributed by atoms with Gasteiger partial charge in [-0.15, -0.1) is 0 Å². The van der Waals surface area contributed by atoms with E-state index >= 15 is 0 Å². The van der Waals surface area contributed by atoms with E-state index in [9.17, 15) is 9.18 Å². The summed E-state index contributed by atoms with van der Waals surface area (Å²) in [7, 11) is 0. The molecule has 0 unspecified atom stereocenters. The van der Waals surface area contributed by atoms with Gasteiger partial charge in [-0.25, -0.2) is 4.39 Å². The third-order valence-electron chi connectivity index (χ3n) is 4.29. The lowest BCUT2D eigenvalue weighted by molar-refractivity contribution is 0.0974. The van der Waals surface area contributed by atoms with Crippen LogP contribution in [-0.4, -0.2) is 30.3 Å². The van der Waals surface area contributed by atoms with E-state index in [2.05, 4.69) is 11.0 Å². The molecule has 0 spiro atoms. The lowest BCUT2D eigenvalue weighted by atomic mass is 10.1. The Labute approximate surface area is 147 Å². The molecule has 0 saturated heterocycles. The van der Waals surface area contributed by atoms with Gasteiger partial charge < -0.3 is 4.74 Å². The van der Waals surface area contributed by atoms with Gasteiger partial charge in [-0.1, -0.05) is 30.3 Å². The summed E-state index contributed by atoms with van der Waals surface area (Å²) in [6.45, 7) is 2.63. The van der Waals surface area contributed by atoms with Crippen LogP contribution in [-0.2, 0) is 0 Å². The number of hydrogen-bond acceptors (Lipinski definition) is 3. The summed E-state index contributed by atoms with van der Waals surface area (Å²) in [5, 5.41) is 0. The number of Topliss-reactive ketones (excluding diaryl/α,β-unsaturated/α-hetero) is 1. The Balaban J connectivity index is 1.40. The smallest absolute Gasteiger partial charge is 0.162 e. The van der Waals surface area contributed by atoms with Gasteiger partial charge in [0.05, 0.1) is 0 Å². The van der Waals surface area contributed by atoms with Gasteiger partial charge >= 0.3 is 0 Å². The summed E-state index contributed by atoms with van der Waals surface area (Å²) in [6, 6.07) is 15.5. The van der Waals surface area contributed by atoms with Gasteiger partial charge in [0, 0.05) is 31.5 Å². The molecule has 0 bridgehead atoms. The zero-order valence-electron chi connectivity index (χ0n) is 14.2. The number of halogens is 1. The van der Waals surface area contributed by atoms with Crippen LogP contribution in [0.25, 0.3) is 0 Å². The highest BCUT2D eigenvalue weighted by Crippen LogP contribution is 2.19. The van der Waals surface area contributed by atoms with Crippen LogP contribution < -0.4 is 4.74 Å². The molecular formula is C21H22FNO2. The molecule has 25 heavy (non-hydrogen) atoms. The number of nitrogens with zero attached hydrogens (tertiary/aromatic N) is 1. The van der Waals surface area contributed by atoms with E-state index in [-0.39, 0.29) is 11.6 Å². The average Bonchev–Trinajstić information content (AvgIpc) is 2.66. The maximum atomic E-state index is 12.9. The highest BCUT2D eigenvalue weighted by molar-refractivity contribution is 5.95. The Morgan fingerprint density at radius 2 is 1.84 bits per heavy atom. The van der Waals surface area contributed by atoms with Crippen molar-refractivity contribution in [1.29, 1.82) is 0 Å². The molecule has 0 saturated carbocycles. The van der Waals surface area contributed by atoms with Gasteiger partial charge in [0.1, 0.15) is 17.3 Å². The van der Waals surface area contributed by atoms with Crippen LogP contribution >= 0.6 is 0 Å². The SMILES string of the molecule is O=C(CCCN1CC=C(Oc2ccc(F)cc2)CC1)c1ccccc1. The molecule has 0 atom stereocenters. The van der Waals surface area contributed by atoms with Crippen molar-refractivity contribution in [2.75, 3.05) is 19.6 Å². The summed E-state index contributed by atoms with van der Waals surface area (Å²) < 4.78 is 18.7. The maximum absolute atomic E-state index is 12.9. The fourth-order valence-corrected chi connectivity index (χ4v) is 2.87. The molecule has 4 heteroatoms. The zero-order valence-corrected chi connectivity index (χ0v) is 14.2. The predicted octanol–water partition coefficient (Wildman–Crippen LogP) is 4.46. The first-order valence-corrected chi connectivity index (χ1v) is 8.64. The monoisotopic (exact) mass is 339 g/mol. The summed E-state index contributed by atoms with van der Waals surface area (Å²) in [5.41, 5.74) is 0.788. The predicted molar refractivity (Wildman–Crippen MR) is 96.2 cm³/mol. The molecule has 1 aliphatic rings. The number of ether oxygens (including phenoxy) is 1. The summed E-state index contributed by atoms with van der Waals surface area (Å²) >= 11 is 0. The van der Waals surface area contributed by atoms with Crippen molar-refractivity contribution in [3.8, 4) is 5.75 Å². The molecule has 0 fully saturated rings. The standard InChI is InChI=1S/C21H22FNO2/c22-18-8-10-19(11-9-18)25-20-12-15-23(16-13-20)14-4-7-21(24)17-5-2-1-3-6-17/h1-3,5-6,8-12H,4,7,13-16H2. The summed E-state index contributed by atoms with van der Waals surface area (Å²) in [6.07, 6.45) is 4.31. The molecule has 1 heterocycles. The Kier molecular flexibility index (Phi) is 5.96. The molecular weight excluding hydrogens is 317 g/mol. The molecule has 0 N–H and O–H groups in total. The number of rotatable bonds is 7. The van der Waals surface area contributed by atoms with Crippen LogP contribution in [0.3, 0.4) is 0 Å². The second-order valence-electron chi connectivity index (χ2n) is 6.17. The second-order valence-corrected chi connectivity index (χ2v) is 6.17. The Morgan fingerprint density at radius 1 is 1.08 bits per heavy atom. The van der Waals surface area contributed by atoms with Crippen molar-refractivity contribution >= 4 is 5.78 Å². The highest BCUT2D eigenvalue weighted by Gasteiger charge is 2.14. The fourth-order valence-electron chi connectivity index (χ4n) is 2.87. The third kappa shape index (κ3) is 5.26. The number of benzene rings is 2. The number of carbonyl (C=O) groups is 1. The van der Waals surface area contributed by atoms with Crippen LogP contribution in [0.2, 0.25) is 0 Å². The van der Waals surface area contributed by atoms with Gasteiger partial charge in [-0.2, -0.15) is 0 Å². The number of ketones is 1. The molecule has 2 aromatic rings. The van der Waals surface area contributed by atoms with Crippen LogP contribution in [0, 0.1) is 5.82 Å². The summed E-state index contributed by atoms with van der Waals surface area (Å²) in [5.74, 6) is 1.52. The zero-order chi connectivity index (χ0) is 17.5. The van der Waals surface area contributed by atoms with Crippen molar-refractivity contribution < 1.29 is 13.9 Å². The van der Waals surface area contributed by atoms with E-state index in [4.69, 9.17) is 4.74 Å². The van der Waals surface area contributed by atoms with E-state index < -0.39 is 0 Å². The van der Waals surface area contributed by atoms with Gasteiger partial charge in [0.25, 0.3) is 0 Å². The largest absolute Gasteiger partial charge is 0.462 e. The maximum Gasteiger partial charge on any atom is 0.162 e. The first-order valence-electron chi connectivity index (χ1n) is 8.64. The molecule has 2 aromatic carbocycles. The minimum atomic E-state index is -0.263. The lowest BCUT2D eigenvalue weighted by Crippen LogP contribution is -2.30. The van der Waals surface area contributed by atoms with E-state index in [0.717, 1.165) is 43.8 Å². The van der Waals surface area contributed by atoms with Crippen LogP contribution in [0.1, 0.15) is 29.6 Å². The molecule has 0 aromatic heterocycles. The average molecular weight is 339 g/mol. The normalized spacial score (nSPS) is 14.8. The highest BCUT2D eigenvalue weighted by atomic mass is 19.1. The third-order valence-corrected chi connectivity index (χ3v) is 4.29. The first kappa shape index (κ1) is 17.4. The number of carbonyl (C=O) groups excluding carboxylic acids is 1. The fraction of sp³-hybridized carbons (Fsp3) is 0.286. The lowest BCUT2D eigenvalue weighted by Gasteiger charge is -2.26. The molecule has 0 amide bonds. The van der Waals surface area contributed by atoms with Crippen LogP contribution in [0.4, 0.5) is 4.39 Å². The molecule has 0 aliphatic carbocycles. The topological polar surface area (TPSA) is 29.5 Å². The summed E-state index contributed by atoms with van der Waals surface area (Å²) in [4.78, 5) is 14.4. The van der Waals surface area contributed by atoms with Crippen molar-refractivity contribution in [3.63, 3.8) is 0 Å². The quantitative estimate of drug-likeness (QED) is 0.698. The Hall–Kier alpha value is -2.46. The van der Waals surface area contributed by atoms with E-state index in [0.29, 0.717) is 12.2 Å². The van der Waals surface area contributed by atoms with Crippen molar-refractivity contribution in [3.05, 3.63) is 77.8 Å².